The first-order valence-corrected chi connectivity index (χ1v) is 6.36. The van der Waals surface area contributed by atoms with Crippen LogP contribution in [0.5, 0.6) is 5.75 Å². The van der Waals surface area contributed by atoms with Crippen LogP contribution in [-0.4, -0.2) is 30.6 Å². The lowest BCUT2D eigenvalue weighted by Crippen LogP contribution is -2.05. The second-order valence-corrected chi connectivity index (χ2v) is 4.69. The lowest BCUT2D eigenvalue weighted by molar-refractivity contribution is 0.0687. The summed E-state index contributed by atoms with van der Waals surface area (Å²) >= 11 is 0. The smallest absolute Gasteiger partial charge is 0.354 e. The molecular formula is C14H14N4O3. The molecule has 1 aromatic carbocycles. The summed E-state index contributed by atoms with van der Waals surface area (Å²) in [6.45, 7) is 0.366. The number of hydrogen-bond acceptors (Lipinski definition) is 4. The molecule has 21 heavy (non-hydrogen) atoms. The average molecular weight is 286 g/mol. The lowest BCUT2D eigenvalue weighted by atomic mass is 10.2. The maximum atomic E-state index is 11.3. The minimum absolute atomic E-state index is 0.149. The van der Waals surface area contributed by atoms with E-state index >= 15 is 0 Å². The van der Waals surface area contributed by atoms with E-state index in [0.717, 1.165) is 5.69 Å². The summed E-state index contributed by atoms with van der Waals surface area (Å²) in [4.78, 5) is 11.3. The maximum Gasteiger partial charge on any atom is 0.354 e. The van der Waals surface area contributed by atoms with Gasteiger partial charge in [0.2, 0.25) is 0 Å². The molecule has 2 heterocycles. The summed E-state index contributed by atoms with van der Waals surface area (Å²) in [5.74, 6) is -0.414. The molecule has 1 N–H and O–H groups in total. The SMILES string of the molecule is Cn1nccc1COc1ccc2nn(C)c(C(=O)O)c2c1. The standard InChI is InChI=1S/C14H14N4O3/c1-17-9(5-6-15-17)8-21-10-3-4-12-11(7-10)13(14(19)20)18(2)16-12/h3-7H,8H2,1-2H3,(H,19,20). The molecule has 0 saturated carbocycles. The zero-order valence-corrected chi connectivity index (χ0v) is 11.6. The summed E-state index contributed by atoms with van der Waals surface area (Å²) in [5, 5.41) is 18.0. The number of carboxylic acid groups (broad SMARTS) is 1. The van der Waals surface area contributed by atoms with Crippen LogP contribution in [0.4, 0.5) is 0 Å². The third kappa shape index (κ3) is 2.33. The van der Waals surface area contributed by atoms with E-state index < -0.39 is 5.97 Å². The van der Waals surface area contributed by atoms with Crippen LogP contribution in [0.15, 0.2) is 30.5 Å². The minimum Gasteiger partial charge on any atom is -0.487 e. The summed E-state index contributed by atoms with van der Waals surface area (Å²) in [5.41, 5.74) is 1.71. The molecule has 0 aliphatic rings. The van der Waals surface area contributed by atoms with Crippen LogP contribution in [0.1, 0.15) is 16.2 Å². The zero-order chi connectivity index (χ0) is 15.0. The van der Waals surface area contributed by atoms with Crippen LogP contribution < -0.4 is 4.74 Å². The van der Waals surface area contributed by atoms with E-state index in [1.807, 2.05) is 13.1 Å². The average Bonchev–Trinajstić information content (AvgIpc) is 2.98. The molecule has 7 heteroatoms. The van der Waals surface area contributed by atoms with Crippen molar-refractivity contribution in [2.45, 2.75) is 6.61 Å². The Bertz CT molecular complexity index is 819. The highest BCUT2D eigenvalue weighted by Gasteiger charge is 2.16. The Morgan fingerprint density at radius 3 is 2.76 bits per heavy atom. The quantitative estimate of drug-likeness (QED) is 0.787. The number of carbonyl (C=O) groups is 1. The van der Waals surface area contributed by atoms with Gasteiger partial charge in [0.15, 0.2) is 5.69 Å². The third-order valence-electron chi connectivity index (χ3n) is 3.32. The van der Waals surface area contributed by atoms with Crippen molar-refractivity contribution >= 4 is 16.9 Å². The van der Waals surface area contributed by atoms with Crippen molar-refractivity contribution in [3.05, 3.63) is 41.9 Å². The Morgan fingerprint density at radius 1 is 1.29 bits per heavy atom. The minimum atomic E-state index is -1.01. The molecule has 0 unspecified atom stereocenters. The van der Waals surface area contributed by atoms with Gasteiger partial charge in [0, 0.05) is 25.7 Å². The molecule has 0 radical (unpaired) electrons. The van der Waals surface area contributed by atoms with Gasteiger partial charge in [-0.3, -0.25) is 9.36 Å². The van der Waals surface area contributed by atoms with Crippen LogP contribution in [-0.2, 0) is 20.7 Å². The second-order valence-electron chi connectivity index (χ2n) is 4.69. The number of fused-ring (bicyclic) bond motifs is 1. The van der Waals surface area contributed by atoms with E-state index in [4.69, 9.17) is 4.74 Å². The maximum absolute atomic E-state index is 11.3. The topological polar surface area (TPSA) is 82.2 Å². The Balaban J connectivity index is 1.91. The van der Waals surface area contributed by atoms with E-state index in [2.05, 4.69) is 10.2 Å². The van der Waals surface area contributed by atoms with Gasteiger partial charge in [-0.15, -0.1) is 0 Å². The fraction of sp³-hybridized carbons (Fsp3) is 0.214. The van der Waals surface area contributed by atoms with Gasteiger partial charge in [-0.1, -0.05) is 0 Å². The fourth-order valence-electron chi connectivity index (χ4n) is 2.22. The Labute approximate surface area is 120 Å². The molecule has 0 fully saturated rings. The van der Waals surface area contributed by atoms with Crippen molar-refractivity contribution in [2.24, 2.45) is 14.1 Å². The van der Waals surface area contributed by atoms with Crippen LogP contribution >= 0.6 is 0 Å². The molecule has 0 saturated heterocycles. The van der Waals surface area contributed by atoms with E-state index in [9.17, 15) is 9.90 Å². The predicted octanol–water partition coefficient (Wildman–Crippen LogP) is 1.58. The van der Waals surface area contributed by atoms with Crippen molar-refractivity contribution in [3.8, 4) is 5.75 Å². The normalized spacial score (nSPS) is 11.0. The number of aromatic carboxylic acids is 1. The first-order chi connectivity index (χ1) is 10.1. The Hall–Kier alpha value is -2.83. The molecule has 0 bridgehead atoms. The highest BCUT2D eigenvalue weighted by atomic mass is 16.5. The number of ether oxygens (including phenoxy) is 1. The van der Waals surface area contributed by atoms with Gasteiger partial charge < -0.3 is 9.84 Å². The molecular weight excluding hydrogens is 272 g/mol. The zero-order valence-electron chi connectivity index (χ0n) is 11.6. The van der Waals surface area contributed by atoms with Crippen molar-refractivity contribution in [2.75, 3.05) is 0 Å². The molecule has 0 amide bonds. The van der Waals surface area contributed by atoms with Gasteiger partial charge in [0.25, 0.3) is 0 Å². The molecule has 3 aromatic rings. The van der Waals surface area contributed by atoms with Crippen LogP contribution in [0.25, 0.3) is 10.9 Å². The number of aryl methyl sites for hydroxylation is 2. The monoisotopic (exact) mass is 286 g/mol. The summed E-state index contributed by atoms with van der Waals surface area (Å²) in [7, 11) is 3.45. The van der Waals surface area contributed by atoms with E-state index in [-0.39, 0.29) is 5.69 Å². The number of rotatable bonds is 4. The molecule has 7 nitrogen and oxygen atoms in total. The van der Waals surface area contributed by atoms with Crippen molar-refractivity contribution < 1.29 is 14.6 Å². The van der Waals surface area contributed by atoms with Crippen LogP contribution in [0, 0.1) is 0 Å². The summed E-state index contributed by atoms with van der Waals surface area (Å²) in [6, 6.07) is 7.09. The first kappa shape index (κ1) is 13.2. The summed E-state index contributed by atoms with van der Waals surface area (Å²) < 4.78 is 8.78. The van der Waals surface area contributed by atoms with Gasteiger partial charge in [0.1, 0.15) is 12.4 Å². The number of hydrogen-bond donors (Lipinski definition) is 1. The fourth-order valence-corrected chi connectivity index (χ4v) is 2.22. The van der Waals surface area contributed by atoms with Gasteiger partial charge in [-0.05, 0) is 24.3 Å². The number of aromatic nitrogens is 4. The Morgan fingerprint density at radius 2 is 2.10 bits per heavy atom. The van der Waals surface area contributed by atoms with Gasteiger partial charge >= 0.3 is 5.97 Å². The first-order valence-electron chi connectivity index (χ1n) is 6.36. The number of carboxylic acids is 1. The molecule has 3 rings (SSSR count). The van der Waals surface area contributed by atoms with E-state index in [0.29, 0.717) is 23.3 Å². The van der Waals surface area contributed by atoms with Crippen LogP contribution in [0.2, 0.25) is 0 Å². The van der Waals surface area contributed by atoms with Crippen molar-refractivity contribution in [3.63, 3.8) is 0 Å². The van der Waals surface area contributed by atoms with Gasteiger partial charge in [0.05, 0.1) is 11.2 Å². The molecule has 0 aliphatic carbocycles. The van der Waals surface area contributed by atoms with Crippen molar-refractivity contribution in [1.82, 2.24) is 19.6 Å². The van der Waals surface area contributed by atoms with Crippen molar-refractivity contribution in [1.29, 1.82) is 0 Å². The van der Waals surface area contributed by atoms with Crippen LogP contribution in [0.3, 0.4) is 0 Å². The highest BCUT2D eigenvalue weighted by molar-refractivity contribution is 6.01. The van der Waals surface area contributed by atoms with Gasteiger partial charge in [-0.2, -0.15) is 10.2 Å². The second kappa shape index (κ2) is 4.93. The largest absolute Gasteiger partial charge is 0.487 e. The predicted molar refractivity (Wildman–Crippen MR) is 75.2 cm³/mol. The van der Waals surface area contributed by atoms with E-state index in [1.165, 1.54) is 4.68 Å². The van der Waals surface area contributed by atoms with E-state index in [1.54, 1.807) is 36.1 Å². The highest BCUT2D eigenvalue weighted by Crippen LogP contribution is 2.24. The number of benzene rings is 1. The van der Waals surface area contributed by atoms with Gasteiger partial charge in [-0.25, -0.2) is 4.79 Å². The Kier molecular flexibility index (Phi) is 3.09. The molecule has 0 atom stereocenters. The third-order valence-corrected chi connectivity index (χ3v) is 3.32. The molecule has 2 aromatic heterocycles. The summed E-state index contributed by atoms with van der Waals surface area (Å²) in [6.07, 6.45) is 1.70. The molecule has 0 aliphatic heterocycles. The molecule has 0 spiro atoms. The lowest BCUT2D eigenvalue weighted by Gasteiger charge is -2.06. The molecule has 108 valence electrons. The number of nitrogens with zero attached hydrogens (tertiary/aromatic N) is 4.